The molecule has 0 N–H and O–H groups in total. The van der Waals surface area contributed by atoms with Gasteiger partial charge in [0.15, 0.2) is 0 Å². The molecule has 3 aliphatic heterocycles. The van der Waals surface area contributed by atoms with Crippen molar-refractivity contribution in [2.45, 2.75) is 16.4 Å². The summed E-state index contributed by atoms with van der Waals surface area (Å²) < 4.78 is 23.2. The molecule has 9 heteroatoms. The molecule has 0 saturated carbocycles. The number of aliphatic imine (C=N–C) groups is 1. The van der Waals surface area contributed by atoms with Gasteiger partial charge in [0.2, 0.25) is 0 Å². The molecule has 2 aromatic rings. The summed E-state index contributed by atoms with van der Waals surface area (Å²) in [6.07, 6.45) is 5.26. The molecule has 5 rings (SSSR count). The van der Waals surface area contributed by atoms with Crippen molar-refractivity contribution >= 4 is 23.7 Å². The minimum absolute atomic E-state index is 0.00636. The van der Waals surface area contributed by atoms with Crippen LogP contribution in [0.5, 0.6) is 0 Å². The summed E-state index contributed by atoms with van der Waals surface area (Å²) in [6, 6.07) is 17.7. The predicted molar refractivity (Wildman–Crippen MR) is 129 cm³/mol. The number of halogens is 1. The second-order valence-corrected chi connectivity index (χ2v) is 11.2. The predicted octanol–water partition coefficient (Wildman–Crippen LogP) is 0.546. The summed E-state index contributed by atoms with van der Waals surface area (Å²) in [5.41, 5.74) is 2.05. The van der Waals surface area contributed by atoms with Crippen LogP contribution in [0.25, 0.3) is 0 Å². The number of hydrogen-bond donors (Lipinski definition) is 0. The first-order valence-corrected chi connectivity index (χ1v) is 14.1. The van der Waals surface area contributed by atoms with Gasteiger partial charge in [0, 0.05) is 0 Å². The van der Waals surface area contributed by atoms with E-state index in [1.54, 1.807) is 54.6 Å². The van der Waals surface area contributed by atoms with Crippen molar-refractivity contribution in [3.63, 3.8) is 0 Å². The number of carbonyl (C=O) groups is 3. The number of ether oxygens (including phenoxy) is 3. The molecule has 0 aromatic heterocycles. The standard InChI is InChI=1S/C28H25INO7/c31-24-13-7-12-20-14-25(30-24)35-15-21(20)22-16-34-23(17-36-27(32)18-8-3-1-4-9-18)26(22)29-37-28(33)19-10-5-2-6-11-19/h1-11,13-14,21-23,26H,12,15-17H2/q-1. The van der Waals surface area contributed by atoms with Crippen molar-refractivity contribution in [1.29, 1.82) is 0 Å². The maximum absolute atomic E-state index is 12.7. The monoisotopic (exact) mass is 614 g/mol. The van der Waals surface area contributed by atoms with E-state index < -0.39 is 33.7 Å². The van der Waals surface area contributed by atoms with Crippen LogP contribution in [0, 0.1) is 11.8 Å². The Morgan fingerprint density at radius 2 is 1.68 bits per heavy atom. The van der Waals surface area contributed by atoms with Gasteiger partial charge in [-0.05, 0) is 0 Å². The van der Waals surface area contributed by atoms with Crippen LogP contribution in [0.2, 0.25) is 0 Å². The van der Waals surface area contributed by atoms with Crippen LogP contribution in [0.15, 0.2) is 89.5 Å². The molecule has 0 radical (unpaired) electrons. The van der Waals surface area contributed by atoms with Crippen LogP contribution in [0.4, 0.5) is 0 Å². The Morgan fingerprint density at radius 1 is 0.973 bits per heavy atom. The second kappa shape index (κ2) is 11.8. The summed E-state index contributed by atoms with van der Waals surface area (Å²) in [6.45, 7) is 0.829. The zero-order chi connectivity index (χ0) is 25.6. The zero-order valence-corrected chi connectivity index (χ0v) is 22.0. The molecule has 1 saturated heterocycles. The van der Waals surface area contributed by atoms with E-state index in [2.05, 4.69) is 4.99 Å². The molecule has 1 amide bonds. The number of allylic oxidation sites excluding steroid dienone is 1. The molecular formula is C28H25INO7-. The van der Waals surface area contributed by atoms with Crippen molar-refractivity contribution < 1.29 is 53.3 Å². The van der Waals surface area contributed by atoms with E-state index >= 15 is 0 Å². The number of alkyl halides is 1. The van der Waals surface area contributed by atoms with Gasteiger partial charge in [0.05, 0.1) is 0 Å². The number of hydrogen-bond acceptors (Lipinski definition) is 7. The molecule has 8 nitrogen and oxygen atoms in total. The summed E-state index contributed by atoms with van der Waals surface area (Å²) >= 11 is -1.13. The topological polar surface area (TPSA) is 100 Å². The first kappa shape index (κ1) is 25.3. The summed E-state index contributed by atoms with van der Waals surface area (Å²) in [4.78, 5) is 41.0. The second-order valence-electron chi connectivity index (χ2n) is 8.80. The molecular weight excluding hydrogens is 589 g/mol. The fraction of sp³-hybridized carbons (Fsp3) is 0.286. The normalized spacial score (nSPS) is 24.8. The van der Waals surface area contributed by atoms with E-state index in [0.29, 0.717) is 36.7 Å². The van der Waals surface area contributed by atoms with Crippen molar-refractivity contribution in [2.75, 3.05) is 19.8 Å². The Bertz CT molecular complexity index is 1240. The molecule has 3 heterocycles. The SMILES string of the molecule is O=C1C=CCC2=CC(=N1)OCC2C1COC(COC(=O)c2ccccc2)C1[I-]OC(=O)c1ccccc1. The van der Waals surface area contributed by atoms with Gasteiger partial charge in [0.25, 0.3) is 0 Å². The molecule has 2 aromatic carbocycles. The fourth-order valence-corrected chi connectivity index (χ4v) is 7.13. The summed E-state index contributed by atoms with van der Waals surface area (Å²) in [7, 11) is 0. The van der Waals surface area contributed by atoms with Crippen molar-refractivity contribution in [3.05, 3.63) is 95.6 Å². The molecule has 192 valence electrons. The Kier molecular flexibility index (Phi) is 8.10. The van der Waals surface area contributed by atoms with Gasteiger partial charge in [-0.3, -0.25) is 0 Å². The first-order chi connectivity index (χ1) is 18.1. The number of esters is 1. The van der Waals surface area contributed by atoms with Crippen LogP contribution in [0.1, 0.15) is 27.1 Å². The van der Waals surface area contributed by atoms with E-state index in [1.807, 2.05) is 18.2 Å². The fourth-order valence-electron chi connectivity index (χ4n) is 4.53. The minimum atomic E-state index is -1.13. The van der Waals surface area contributed by atoms with Gasteiger partial charge in [-0.2, -0.15) is 0 Å². The van der Waals surface area contributed by atoms with Gasteiger partial charge in [0.1, 0.15) is 0 Å². The number of nitrogens with zero attached hydrogens (tertiary/aromatic N) is 1. The van der Waals surface area contributed by atoms with Crippen LogP contribution < -0.4 is 21.6 Å². The third kappa shape index (κ3) is 6.16. The molecule has 4 unspecified atom stereocenters. The Morgan fingerprint density at radius 3 is 2.41 bits per heavy atom. The number of carbonyl (C=O) groups excluding carboxylic acids is 3. The van der Waals surface area contributed by atoms with Crippen molar-refractivity contribution in [1.82, 2.24) is 0 Å². The molecule has 3 aliphatic rings. The van der Waals surface area contributed by atoms with Crippen LogP contribution >= 0.6 is 0 Å². The molecule has 2 bridgehead atoms. The van der Waals surface area contributed by atoms with E-state index in [-0.39, 0.29) is 34.2 Å². The summed E-state index contributed by atoms with van der Waals surface area (Å²) in [5, 5.41) is 0. The Hall–Kier alpha value is -3.31. The van der Waals surface area contributed by atoms with Crippen molar-refractivity contribution in [2.24, 2.45) is 16.8 Å². The first-order valence-electron chi connectivity index (χ1n) is 11.9. The third-order valence-electron chi connectivity index (χ3n) is 6.43. The maximum atomic E-state index is 12.7. The average molecular weight is 614 g/mol. The third-order valence-corrected chi connectivity index (χ3v) is 9.40. The zero-order valence-electron chi connectivity index (χ0n) is 19.8. The molecule has 1 fully saturated rings. The van der Waals surface area contributed by atoms with Crippen LogP contribution in [-0.2, 0) is 22.1 Å². The quantitative estimate of drug-likeness (QED) is 0.255. The van der Waals surface area contributed by atoms with E-state index in [4.69, 9.17) is 17.3 Å². The molecule has 37 heavy (non-hydrogen) atoms. The number of benzene rings is 2. The van der Waals surface area contributed by atoms with Crippen molar-refractivity contribution in [3.8, 4) is 0 Å². The number of rotatable bonds is 7. The molecule has 0 aliphatic carbocycles. The average Bonchev–Trinajstić information content (AvgIpc) is 3.33. The number of fused-ring (bicyclic) bond motifs is 1. The van der Waals surface area contributed by atoms with Gasteiger partial charge in [-0.1, -0.05) is 0 Å². The molecule has 0 spiro atoms. The van der Waals surface area contributed by atoms with Crippen LogP contribution in [0.3, 0.4) is 0 Å². The van der Waals surface area contributed by atoms with Gasteiger partial charge >= 0.3 is 226 Å². The van der Waals surface area contributed by atoms with Gasteiger partial charge in [-0.25, -0.2) is 0 Å². The Labute approximate surface area is 225 Å². The van der Waals surface area contributed by atoms with E-state index in [1.165, 1.54) is 6.08 Å². The molecule has 4 atom stereocenters. The number of amides is 1. The summed E-state index contributed by atoms with van der Waals surface area (Å²) in [5.74, 6) is -0.843. The van der Waals surface area contributed by atoms with E-state index in [0.717, 1.165) is 5.57 Å². The van der Waals surface area contributed by atoms with Gasteiger partial charge < -0.3 is 0 Å². The Balaban J connectivity index is 1.33. The van der Waals surface area contributed by atoms with E-state index in [9.17, 15) is 14.4 Å². The van der Waals surface area contributed by atoms with Crippen LogP contribution in [-0.4, -0.2) is 53.6 Å². The van der Waals surface area contributed by atoms with Gasteiger partial charge in [-0.15, -0.1) is 0 Å².